The third kappa shape index (κ3) is 10.1. The van der Waals surface area contributed by atoms with Crippen molar-refractivity contribution in [3.63, 3.8) is 0 Å². The standard InChI is InChI=1S/C40H55N5O7S/c1-24(2)29-16-12-11-15-28(29)23-45-22-14-17-31(36(45)47)35(46)43-32(37(48)52-39(6,7)8)18-13-21-42-38(41)44-53(49,50)34-26(4)25(3)33-30(27(34)5)19-20-40(9,10)51-33/h11-12,14-17,22,24,32H,13,18-21,23H2,1-10H3,(H,43,46)(H3,41,42,44)/t32-/m0/s1. The first-order chi connectivity index (χ1) is 24.6. The minimum atomic E-state index is -4.10. The smallest absolute Gasteiger partial charge is 0.329 e. The maximum absolute atomic E-state index is 13.6. The number of nitrogens with one attached hydrogen (secondary N) is 2. The molecule has 0 radical (unpaired) electrons. The van der Waals surface area contributed by atoms with E-state index in [-0.39, 0.29) is 53.9 Å². The summed E-state index contributed by atoms with van der Waals surface area (Å²) in [5.41, 5.74) is 9.17. The Labute approximate surface area is 313 Å². The molecule has 0 saturated carbocycles. The molecule has 12 nitrogen and oxygen atoms in total. The van der Waals surface area contributed by atoms with Crippen LogP contribution in [0.5, 0.6) is 5.75 Å². The molecule has 4 N–H and O–H groups in total. The van der Waals surface area contributed by atoms with Gasteiger partial charge < -0.3 is 25.1 Å². The number of amides is 1. The average Bonchev–Trinajstić information content (AvgIpc) is 3.04. The van der Waals surface area contributed by atoms with Gasteiger partial charge in [-0.2, -0.15) is 0 Å². The number of sulfonamides is 1. The summed E-state index contributed by atoms with van der Waals surface area (Å²) >= 11 is 0. The lowest BCUT2D eigenvalue weighted by Crippen LogP contribution is -2.46. The van der Waals surface area contributed by atoms with Gasteiger partial charge in [0.05, 0.1) is 11.4 Å². The molecule has 0 spiro atoms. The second-order valence-electron chi connectivity index (χ2n) is 15.7. The molecule has 2 heterocycles. The maximum atomic E-state index is 13.6. The van der Waals surface area contributed by atoms with Gasteiger partial charge in [0.15, 0.2) is 0 Å². The molecule has 288 valence electrons. The Kier molecular flexibility index (Phi) is 12.5. The van der Waals surface area contributed by atoms with Crippen LogP contribution in [0, 0.1) is 20.8 Å². The van der Waals surface area contributed by atoms with E-state index in [4.69, 9.17) is 15.2 Å². The zero-order valence-corrected chi connectivity index (χ0v) is 33.5. The van der Waals surface area contributed by atoms with Crippen molar-refractivity contribution in [1.82, 2.24) is 14.6 Å². The summed E-state index contributed by atoms with van der Waals surface area (Å²) in [5.74, 6) is -0.717. The first-order valence-corrected chi connectivity index (χ1v) is 19.6. The Morgan fingerprint density at radius 1 is 1.06 bits per heavy atom. The van der Waals surface area contributed by atoms with Gasteiger partial charge in [-0.25, -0.2) is 17.9 Å². The first kappa shape index (κ1) is 41.1. The monoisotopic (exact) mass is 749 g/mol. The van der Waals surface area contributed by atoms with Crippen LogP contribution in [0.2, 0.25) is 0 Å². The van der Waals surface area contributed by atoms with E-state index >= 15 is 0 Å². The number of guanidine groups is 1. The van der Waals surface area contributed by atoms with Crippen LogP contribution in [0.4, 0.5) is 0 Å². The Bertz CT molecular complexity index is 2060. The van der Waals surface area contributed by atoms with Crippen LogP contribution in [0.3, 0.4) is 0 Å². The van der Waals surface area contributed by atoms with Gasteiger partial charge in [0.25, 0.3) is 21.5 Å². The van der Waals surface area contributed by atoms with Crippen molar-refractivity contribution < 1.29 is 27.5 Å². The van der Waals surface area contributed by atoms with Gasteiger partial charge in [0.1, 0.15) is 28.6 Å². The molecule has 53 heavy (non-hydrogen) atoms. The molecule has 1 aromatic heterocycles. The topological polar surface area (TPSA) is 171 Å². The summed E-state index contributed by atoms with van der Waals surface area (Å²) in [6, 6.07) is 9.78. The number of carbonyl (C=O) groups is 2. The van der Waals surface area contributed by atoms with Crippen molar-refractivity contribution in [2.24, 2.45) is 10.7 Å². The number of benzene rings is 2. The van der Waals surface area contributed by atoms with Crippen LogP contribution in [0.25, 0.3) is 0 Å². The number of esters is 1. The van der Waals surface area contributed by atoms with E-state index in [1.807, 2.05) is 45.0 Å². The molecule has 13 heteroatoms. The lowest BCUT2D eigenvalue weighted by Gasteiger charge is -2.35. The highest BCUT2D eigenvalue weighted by molar-refractivity contribution is 7.90. The molecule has 0 saturated heterocycles. The molecular weight excluding hydrogens is 695 g/mol. The van der Waals surface area contributed by atoms with E-state index in [1.54, 1.807) is 46.9 Å². The molecule has 0 fully saturated rings. The largest absolute Gasteiger partial charge is 0.487 e. The van der Waals surface area contributed by atoms with E-state index in [2.05, 4.69) is 28.9 Å². The molecule has 0 aliphatic carbocycles. The zero-order valence-electron chi connectivity index (χ0n) is 32.7. The quantitative estimate of drug-likeness (QED) is 0.0935. The number of fused-ring (bicyclic) bond motifs is 1. The van der Waals surface area contributed by atoms with Gasteiger partial charge in [0.2, 0.25) is 5.96 Å². The molecule has 1 atom stereocenters. The highest BCUT2D eigenvalue weighted by Crippen LogP contribution is 2.42. The molecule has 0 bridgehead atoms. The van der Waals surface area contributed by atoms with Crippen LogP contribution in [-0.2, 0) is 32.5 Å². The Hall–Kier alpha value is -4.65. The lowest BCUT2D eigenvalue weighted by atomic mass is 9.88. The number of hydrogen-bond donors (Lipinski definition) is 3. The second kappa shape index (κ2) is 16.2. The summed E-state index contributed by atoms with van der Waals surface area (Å²) in [4.78, 5) is 44.6. The number of nitrogens with zero attached hydrogens (tertiary/aromatic N) is 2. The number of carbonyl (C=O) groups excluding carboxylic acids is 2. The van der Waals surface area contributed by atoms with Crippen molar-refractivity contribution in [2.45, 2.75) is 130 Å². The normalized spacial score (nSPS) is 15.0. The van der Waals surface area contributed by atoms with Crippen LogP contribution in [0.15, 0.2) is 57.3 Å². The summed E-state index contributed by atoms with van der Waals surface area (Å²) in [7, 11) is -4.10. The van der Waals surface area contributed by atoms with Crippen LogP contribution in [-0.4, -0.2) is 54.6 Å². The van der Waals surface area contributed by atoms with Gasteiger partial charge in [0, 0.05) is 12.7 Å². The average molecular weight is 750 g/mol. The molecule has 1 amide bonds. The summed E-state index contributed by atoms with van der Waals surface area (Å²) < 4.78 is 42.9. The van der Waals surface area contributed by atoms with Crippen molar-refractivity contribution in [3.05, 3.63) is 91.9 Å². The SMILES string of the molecule is Cc1c(C)c(S(=O)(=O)NC(N)=NCCC[C@H](NC(=O)c2cccn(Cc3ccccc3C(C)C)c2=O)C(=O)OC(C)(C)C)c(C)c2c1OC(C)(C)CC2. The molecule has 0 unspecified atom stereocenters. The van der Waals surface area contributed by atoms with E-state index in [0.29, 0.717) is 17.5 Å². The van der Waals surface area contributed by atoms with E-state index in [0.717, 1.165) is 34.4 Å². The molecule has 3 aromatic rings. The maximum Gasteiger partial charge on any atom is 0.329 e. The summed E-state index contributed by atoms with van der Waals surface area (Å²) in [6.07, 6.45) is 3.39. The van der Waals surface area contributed by atoms with Crippen molar-refractivity contribution in [2.75, 3.05) is 6.54 Å². The van der Waals surface area contributed by atoms with Crippen LogP contribution < -0.4 is 26.1 Å². The van der Waals surface area contributed by atoms with Crippen LogP contribution >= 0.6 is 0 Å². The number of nitrogens with two attached hydrogens (primary N) is 1. The Morgan fingerprint density at radius 3 is 2.40 bits per heavy atom. The Balaban J connectivity index is 1.48. The van der Waals surface area contributed by atoms with E-state index in [9.17, 15) is 22.8 Å². The number of pyridine rings is 1. The van der Waals surface area contributed by atoms with Gasteiger partial charge >= 0.3 is 5.97 Å². The van der Waals surface area contributed by atoms with Crippen molar-refractivity contribution in [1.29, 1.82) is 0 Å². The van der Waals surface area contributed by atoms with Gasteiger partial charge in [-0.3, -0.25) is 14.6 Å². The Morgan fingerprint density at radius 2 is 1.74 bits per heavy atom. The van der Waals surface area contributed by atoms with Gasteiger partial charge in [-0.05, 0) is 133 Å². The van der Waals surface area contributed by atoms with Gasteiger partial charge in [-0.15, -0.1) is 0 Å². The summed E-state index contributed by atoms with van der Waals surface area (Å²) in [6.45, 7) is 19.0. The number of ether oxygens (including phenoxy) is 2. The van der Waals surface area contributed by atoms with Crippen molar-refractivity contribution in [3.8, 4) is 5.75 Å². The third-order valence-electron chi connectivity index (χ3n) is 9.39. The van der Waals surface area contributed by atoms with E-state index in [1.165, 1.54) is 10.6 Å². The molecular formula is C40H55N5O7S. The fourth-order valence-corrected chi connectivity index (χ4v) is 8.11. The number of aromatic nitrogens is 1. The predicted octanol–water partition coefficient (Wildman–Crippen LogP) is 5.56. The number of aliphatic imine (C=N–C) groups is 1. The van der Waals surface area contributed by atoms with Crippen LogP contribution in [0.1, 0.15) is 117 Å². The molecule has 1 aliphatic rings. The number of rotatable bonds is 12. The second-order valence-corrected chi connectivity index (χ2v) is 17.3. The minimum Gasteiger partial charge on any atom is -0.487 e. The molecule has 1 aliphatic heterocycles. The third-order valence-corrected chi connectivity index (χ3v) is 11.0. The fourth-order valence-electron chi connectivity index (χ4n) is 6.58. The van der Waals surface area contributed by atoms with Gasteiger partial charge in [-0.1, -0.05) is 38.1 Å². The first-order valence-electron chi connectivity index (χ1n) is 18.1. The predicted molar refractivity (Wildman–Crippen MR) is 207 cm³/mol. The zero-order chi connectivity index (χ0) is 39.5. The lowest BCUT2D eigenvalue weighted by molar-refractivity contribution is -0.157. The highest BCUT2D eigenvalue weighted by atomic mass is 32.2. The number of hydrogen-bond acceptors (Lipinski definition) is 8. The molecule has 2 aromatic carbocycles. The fraction of sp³-hybridized carbons (Fsp3) is 0.500. The minimum absolute atomic E-state index is 0.0427. The molecule has 4 rings (SSSR count). The summed E-state index contributed by atoms with van der Waals surface area (Å²) in [5, 5.41) is 2.68. The van der Waals surface area contributed by atoms with Crippen molar-refractivity contribution >= 4 is 27.9 Å². The van der Waals surface area contributed by atoms with E-state index < -0.39 is 39.1 Å². The highest BCUT2D eigenvalue weighted by Gasteiger charge is 2.34.